The van der Waals surface area contributed by atoms with Crippen LogP contribution >= 0.6 is 24.0 Å². The van der Waals surface area contributed by atoms with Gasteiger partial charge in [-0.1, -0.05) is 63.3 Å². The molecule has 0 aromatic carbocycles. The van der Waals surface area contributed by atoms with Crippen LogP contribution in [-0.4, -0.2) is 12.1 Å². The van der Waals surface area contributed by atoms with Crippen molar-refractivity contribution in [3.8, 4) is 0 Å². The summed E-state index contributed by atoms with van der Waals surface area (Å²) in [5.74, 6) is -0.0503. The van der Waals surface area contributed by atoms with Gasteiger partial charge in [0.2, 0.25) is 0 Å². The smallest absolute Gasteiger partial charge is 0.306 e. The van der Waals surface area contributed by atoms with Gasteiger partial charge in [0, 0.05) is 6.42 Å². The van der Waals surface area contributed by atoms with Crippen LogP contribution in [0.3, 0.4) is 0 Å². The molecule has 0 bridgehead atoms. The second kappa shape index (κ2) is 20.7. The van der Waals surface area contributed by atoms with Crippen molar-refractivity contribution in [3.63, 3.8) is 0 Å². The van der Waals surface area contributed by atoms with Crippen molar-refractivity contribution in [2.75, 3.05) is 0 Å². The van der Waals surface area contributed by atoms with Gasteiger partial charge in [0.1, 0.15) is 0 Å². The van der Waals surface area contributed by atoms with Gasteiger partial charge in [0.05, 0.1) is 6.10 Å². The molecule has 0 aromatic rings. The lowest BCUT2D eigenvalue weighted by Crippen LogP contribution is -2.10. The van der Waals surface area contributed by atoms with Crippen LogP contribution in [0.5, 0.6) is 0 Å². The molecule has 24 heavy (non-hydrogen) atoms. The molecule has 2 nitrogen and oxygen atoms in total. The Morgan fingerprint density at radius 1 is 0.833 bits per heavy atom. The Balaban J connectivity index is 0. The van der Waals surface area contributed by atoms with E-state index in [4.69, 9.17) is 4.74 Å². The third-order valence-electron chi connectivity index (χ3n) is 3.70. The molecule has 0 aliphatic heterocycles. The number of esters is 1. The van der Waals surface area contributed by atoms with Gasteiger partial charge in [-0.3, -0.25) is 4.79 Å². The van der Waals surface area contributed by atoms with E-state index in [2.05, 4.69) is 31.2 Å². The highest BCUT2D eigenvalue weighted by molar-refractivity contribution is 14.0. The monoisotopic (exact) mass is 450 g/mol. The summed E-state index contributed by atoms with van der Waals surface area (Å²) in [6, 6.07) is 0. The maximum absolute atomic E-state index is 11.4. The Kier molecular flexibility index (Phi) is 22.4. The van der Waals surface area contributed by atoms with Crippen molar-refractivity contribution in [1.82, 2.24) is 0 Å². The number of hydrogen-bond acceptors (Lipinski definition) is 2. The SMILES string of the molecule is CCCCC/C=C\C/C=C\CCCCCCCC(=O)OC(C)C.I. The Bertz CT molecular complexity index is 322. The summed E-state index contributed by atoms with van der Waals surface area (Å²) in [6.45, 7) is 6.04. The van der Waals surface area contributed by atoms with E-state index >= 15 is 0 Å². The molecule has 0 aliphatic carbocycles. The summed E-state index contributed by atoms with van der Waals surface area (Å²) < 4.78 is 5.12. The van der Waals surface area contributed by atoms with Crippen molar-refractivity contribution in [2.24, 2.45) is 0 Å². The standard InChI is InChI=1S/C21H38O2.HI/c1-4-5-6-7-8-9-10-11-12-13-14-15-16-17-18-19-21(22)23-20(2)3;/h8-9,11-12,20H,4-7,10,13-19H2,1-3H3;1H/b9-8-,12-11-;. The third-order valence-corrected chi connectivity index (χ3v) is 3.70. The van der Waals surface area contributed by atoms with E-state index in [-0.39, 0.29) is 36.0 Å². The minimum atomic E-state index is -0.0503. The number of allylic oxidation sites excluding steroid dienone is 4. The van der Waals surface area contributed by atoms with E-state index in [9.17, 15) is 4.79 Å². The molecule has 0 N–H and O–H groups in total. The molecule has 0 radical (unpaired) electrons. The second-order valence-corrected chi connectivity index (χ2v) is 6.52. The van der Waals surface area contributed by atoms with Gasteiger partial charge in [-0.25, -0.2) is 0 Å². The molecule has 0 atom stereocenters. The minimum absolute atomic E-state index is 0. The van der Waals surface area contributed by atoms with Crippen LogP contribution in [0.4, 0.5) is 0 Å². The quantitative estimate of drug-likeness (QED) is 0.113. The van der Waals surface area contributed by atoms with Crippen LogP contribution in [0.2, 0.25) is 0 Å². The summed E-state index contributed by atoms with van der Waals surface area (Å²) in [5.41, 5.74) is 0. The van der Waals surface area contributed by atoms with Gasteiger partial charge in [-0.2, -0.15) is 0 Å². The highest BCUT2D eigenvalue weighted by atomic mass is 127. The lowest BCUT2D eigenvalue weighted by molar-refractivity contribution is -0.147. The first-order valence-corrected chi connectivity index (χ1v) is 9.66. The van der Waals surface area contributed by atoms with Crippen molar-refractivity contribution in [3.05, 3.63) is 24.3 Å². The van der Waals surface area contributed by atoms with Gasteiger partial charge in [0.15, 0.2) is 0 Å². The predicted octanol–water partition coefficient (Wildman–Crippen LogP) is 7.37. The van der Waals surface area contributed by atoms with Crippen LogP contribution in [0, 0.1) is 0 Å². The van der Waals surface area contributed by atoms with Crippen LogP contribution in [0.1, 0.15) is 97.8 Å². The average molecular weight is 450 g/mol. The molecule has 0 saturated carbocycles. The Hall–Kier alpha value is -0.320. The normalized spacial score (nSPS) is 11.3. The van der Waals surface area contributed by atoms with Gasteiger partial charge in [0.25, 0.3) is 0 Å². The summed E-state index contributed by atoms with van der Waals surface area (Å²) in [7, 11) is 0. The highest BCUT2D eigenvalue weighted by Crippen LogP contribution is 2.09. The van der Waals surface area contributed by atoms with E-state index < -0.39 is 0 Å². The molecule has 0 aromatic heterocycles. The van der Waals surface area contributed by atoms with Crippen LogP contribution < -0.4 is 0 Å². The van der Waals surface area contributed by atoms with Crippen LogP contribution in [0.25, 0.3) is 0 Å². The summed E-state index contributed by atoms with van der Waals surface area (Å²) in [4.78, 5) is 11.4. The first-order chi connectivity index (χ1) is 11.2. The first-order valence-electron chi connectivity index (χ1n) is 9.66. The molecule has 0 unspecified atom stereocenters. The highest BCUT2D eigenvalue weighted by Gasteiger charge is 2.04. The lowest BCUT2D eigenvalue weighted by Gasteiger charge is -2.07. The van der Waals surface area contributed by atoms with Gasteiger partial charge >= 0.3 is 5.97 Å². The summed E-state index contributed by atoms with van der Waals surface area (Å²) in [6.07, 6.45) is 23.0. The molecule has 0 spiro atoms. The molecule has 0 aliphatic rings. The largest absolute Gasteiger partial charge is 0.463 e. The van der Waals surface area contributed by atoms with Gasteiger partial charge in [-0.15, -0.1) is 24.0 Å². The topological polar surface area (TPSA) is 26.3 Å². The van der Waals surface area contributed by atoms with E-state index in [1.54, 1.807) is 0 Å². The molecule has 0 fully saturated rings. The molecule has 0 heterocycles. The maximum atomic E-state index is 11.4. The number of carbonyl (C=O) groups is 1. The van der Waals surface area contributed by atoms with Crippen molar-refractivity contribution >= 4 is 29.9 Å². The van der Waals surface area contributed by atoms with Crippen molar-refractivity contribution in [1.29, 1.82) is 0 Å². The number of ether oxygens (including phenoxy) is 1. The molecule has 3 heteroatoms. The molecular formula is C21H39IO2. The fourth-order valence-corrected chi connectivity index (χ4v) is 2.40. The van der Waals surface area contributed by atoms with Gasteiger partial charge < -0.3 is 4.74 Å². The Morgan fingerprint density at radius 3 is 1.96 bits per heavy atom. The molecule has 0 amide bonds. The number of hydrogen-bond donors (Lipinski definition) is 0. The Labute approximate surface area is 167 Å². The number of halogens is 1. The lowest BCUT2D eigenvalue weighted by atomic mass is 10.1. The van der Waals surface area contributed by atoms with Crippen molar-refractivity contribution in [2.45, 2.75) is 104 Å². The minimum Gasteiger partial charge on any atom is -0.463 e. The van der Waals surface area contributed by atoms with Gasteiger partial charge in [-0.05, 0) is 52.4 Å². The molecule has 0 rings (SSSR count). The summed E-state index contributed by atoms with van der Waals surface area (Å²) >= 11 is 0. The fraction of sp³-hybridized carbons (Fsp3) is 0.762. The summed E-state index contributed by atoms with van der Waals surface area (Å²) in [5, 5.41) is 0. The fourth-order valence-electron chi connectivity index (χ4n) is 2.40. The van der Waals surface area contributed by atoms with Crippen molar-refractivity contribution < 1.29 is 9.53 Å². The molecule has 0 saturated heterocycles. The zero-order valence-corrected chi connectivity index (χ0v) is 18.4. The first kappa shape index (κ1) is 25.9. The maximum Gasteiger partial charge on any atom is 0.306 e. The molecular weight excluding hydrogens is 411 g/mol. The third kappa shape index (κ3) is 21.7. The number of rotatable bonds is 15. The molecule has 142 valence electrons. The zero-order chi connectivity index (χ0) is 17.2. The average Bonchev–Trinajstić information content (AvgIpc) is 2.50. The van der Waals surface area contributed by atoms with Crippen LogP contribution in [0.15, 0.2) is 24.3 Å². The number of unbranched alkanes of at least 4 members (excludes halogenated alkanes) is 8. The Morgan fingerprint density at radius 2 is 1.38 bits per heavy atom. The van der Waals surface area contributed by atoms with E-state index in [0.717, 1.165) is 19.3 Å². The van der Waals surface area contributed by atoms with E-state index in [0.29, 0.717) is 6.42 Å². The number of carbonyl (C=O) groups excluding carboxylic acids is 1. The van der Waals surface area contributed by atoms with E-state index in [1.165, 1.54) is 51.4 Å². The second-order valence-electron chi connectivity index (χ2n) is 6.52. The van der Waals surface area contributed by atoms with E-state index in [1.807, 2.05) is 13.8 Å². The zero-order valence-electron chi connectivity index (χ0n) is 16.1. The predicted molar refractivity (Wildman–Crippen MR) is 116 cm³/mol. The van der Waals surface area contributed by atoms with Crippen LogP contribution in [-0.2, 0) is 9.53 Å².